The average molecular weight is 413 g/mol. The summed E-state index contributed by atoms with van der Waals surface area (Å²) in [7, 11) is 0. The first kappa shape index (κ1) is 18.8. The van der Waals surface area contributed by atoms with Gasteiger partial charge >= 0.3 is 0 Å². The number of nitrogens with two attached hydrogens (primary N) is 1. The number of morpholine rings is 1. The van der Waals surface area contributed by atoms with Gasteiger partial charge in [-0.2, -0.15) is 10.4 Å². The lowest BCUT2D eigenvalue weighted by molar-refractivity contribution is 0.122. The molecular weight excluding hydrogens is 394 g/mol. The summed E-state index contributed by atoms with van der Waals surface area (Å²) in [6.45, 7) is 3.02. The second-order valence-corrected chi connectivity index (χ2v) is 7.21. The van der Waals surface area contributed by atoms with Crippen molar-refractivity contribution in [2.45, 2.75) is 0 Å². The molecule has 0 aliphatic carbocycles. The maximum Gasteiger partial charge on any atom is 0.268 e. The van der Waals surface area contributed by atoms with Crippen molar-refractivity contribution in [2.24, 2.45) is 0 Å². The van der Waals surface area contributed by atoms with Gasteiger partial charge in [0.2, 0.25) is 0 Å². The van der Waals surface area contributed by atoms with Crippen LogP contribution < -0.4 is 16.2 Å². The van der Waals surface area contributed by atoms with E-state index in [1.165, 1.54) is 4.57 Å². The number of aromatic nitrogens is 4. The Morgan fingerprint density at radius 1 is 1.16 bits per heavy atom. The fourth-order valence-corrected chi connectivity index (χ4v) is 3.85. The summed E-state index contributed by atoms with van der Waals surface area (Å²) in [5.74, 6) is 0.106. The van der Waals surface area contributed by atoms with Crippen molar-refractivity contribution < 1.29 is 4.74 Å². The van der Waals surface area contributed by atoms with Gasteiger partial charge in [0.1, 0.15) is 11.5 Å². The zero-order valence-corrected chi connectivity index (χ0v) is 16.6. The molecule has 0 atom stereocenters. The van der Waals surface area contributed by atoms with Crippen LogP contribution in [-0.2, 0) is 4.74 Å². The van der Waals surface area contributed by atoms with Crippen LogP contribution in [0.1, 0.15) is 5.56 Å². The third kappa shape index (κ3) is 3.19. The third-order valence-corrected chi connectivity index (χ3v) is 5.44. The van der Waals surface area contributed by atoms with Gasteiger partial charge in [0, 0.05) is 24.8 Å². The molecule has 4 aromatic rings. The Balaban J connectivity index is 1.68. The number of pyridine rings is 2. The van der Waals surface area contributed by atoms with E-state index < -0.39 is 0 Å². The normalized spacial score (nSPS) is 14.0. The van der Waals surface area contributed by atoms with E-state index in [4.69, 9.17) is 10.5 Å². The van der Waals surface area contributed by atoms with Gasteiger partial charge < -0.3 is 15.4 Å². The van der Waals surface area contributed by atoms with Crippen LogP contribution >= 0.6 is 0 Å². The molecule has 0 bridgehead atoms. The lowest BCUT2D eigenvalue weighted by Crippen LogP contribution is -2.36. The Bertz CT molecular complexity index is 1360. The molecule has 5 rings (SSSR count). The van der Waals surface area contributed by atoms with E-state index in [1.807, 2.05) is 18.3 Å². The monoisotopic (exact) mass is 413 g/mol. The molecule has 9 nitrogen and oxygen atoms in total. The number of nitriles is 1. The minimum Gasteiger partial charge on any atom is -0.382 e. The van der Waals surface area contributed by atoms with Crippen LogP contribution in [0.25, 0.3) is 27.8 Å². The number of anilines is 2. The van der Waals surface area contributed by atoms with Crippen LogP contribution in [0.3, 0.4) is 0 Å². The molecule has 1 aromatic carbocycles. The maximum absolute atomic E-state index is 13.2. The molecule has 31 heavy (non-hydrogen) atoms. The molecular formula is C22H19N7O2. The highest BCUT2D eigenvalue weighted by atomic mass is 16.5. The molecule has 4 heterocycles. The Morgan fingerprint density at radius 3 is 2.71 bits per heavy atom. The molecule has 9 heteroatoms. The molecule has 154 valence electrons. The summed E-state index contributed by atoms with van der Waals surface area (Å²) >= 11 is 0. The maximum atomic E-state index is 13.2. The number of nitrogen functional groups attached to an aromatic ring is 1. The zero-order valence-electron chi connectivity index (χ0n) is 16.6. The Hall–Kier alpha value is -4.16. The van der Waals surface area contributed by atoms with E-state index in [1.54, 1.807) is 30.5 Å². The lowest BCUT2D eigenvalue weighted by atomic mass is 10.1. The van der Waals surface area contributed by atoms with Crippen molar-refractivity contribution in [3.8, 4) is 23.0 Å². The fourth-order valence-electron chi connectivity index (χ4n) is 3.85. The predicted octanol–water partition coefficient (Wildman–Crippen LogP) is 2.07. The number of rotatable bonds is 3. The van der Waals surface area contributed by atoms with Crippen LogP contribution in [0, 0.1) is 11.3 Å². The minimum atomic E-state index is -0.349. The number of hydrogen-bond donors (Lipinski definition) is 2. The van der Waals surface area contributed by atoms with E-state index in [-0.39, 0.29) is 16.8 Å². The van der Waals surface area contributed by atoms with Crippen LogP contribution in [0.4, 0.5) is 11.5 Å². The van der Waals surface area contributed by atoms with Gasteiger partial charge in [-0.3, -0.25) is 19.4 Å². The molecule has 3 aromatic heterocycles. The summed E-state index contributed by atoms with van der Waals surface area (Å²) in [6, 6.07) is 13.0. The highest BCUT2D eigenvalue weighted by Gasteiger charge is 2.19. The Labute approximate surface area is 177 Å². The molecule has 3 N–H and O–H groups in total. The molecule has 0 radical (unpaired) electrons. The van der Waals surface area contributed by atoms with Gasteiger partial charge in [-0.1, -0.05) is 12.1 Å². The summed E-state index contributed by atoms with van der Waals surface area (Å²) in [5.41, 5.74) is 9.36. The molecule has 1 fully saturated rings. The number of nitrogens with zero attached hydrogens (tertiary/aromatic N) is 5. The average Bonchev–Trinajstić information content (AvgIpc) is 3.22. The fraction of sp³-hybridized carbons (Fsp3) is 0.182. The zero-order chi connectivity index (χ0) is 21.4. The first-order valence-corrected chi connectivity index (χ1v) is 9.85. The molecule has 1 aliphatic heterocycles. The van der Waals surface area contributed by atoms with Crippen molar-refractivity contribution >= 4 is 22.4 Å². The minimum absolute atomic E-state index is 0.106. The summed E-state index contributed by atoms with van der Waals surface area (Å²) in [6.07, 6.45) is 3.49. The van der Waals surface area contributed by atoms with Crippen LogP contribution in [0.2, 0.25) is 0 Å². The third-order valence-electron chi connectivity index (χ3n) is 5.44. The second kappa shape index (κ2) is 7.59. The Kier molecular flexibility index (Phi) is 4.61. The van der Waals surface area contributed by atoms with Gasteiger partial charge in [0.25, 0.3) is 5.56 Å². The van der Waals surface area contributed by atoms with Crippen LogP contribution in [-0.4, -0.2) is 46.1 Å². The molecule has 0 unspecified atom stereocenters. The molecule has 0 spiro atoms. The molecule has 1 aliphatic rings. The van der Waals surface area contributed by atoms with E-state index in [9.17, 15) is 10.1 Å². The largest absolute Gasteiger partial charge is 0.382 e. The molecule has 0 saturated carbocycles. The number of benzene rings is 1. The molecule has 0 amide bonds. The van der Waals surface area contributed by atoms with Crippen molar-refractivity contribution in [2.75, 3.05) is 36.9 Å². The predicted molar refractivity (Wildman–Crippen MR) is 117 cm³/mol. The van der Waals surface area contributed by atoms with E-state index >= 15 is 0 Å². The quantitative estimate of drug-likeness (QED) is 0.526. The van der Waals surface area contributed by atoms with Crippen LogP contribution in [0.15, 0.2) is 53.6 Å². The van der Waals surface area contributed by atoms with E-state index in [2.05, 4.69) is 26.2 Å². The van der Waals surface area contributed by atoms with Gasteiger partial charge in [0.05, 0.1) is 47.6 Å². The van der Waals surface area contributed by atoms with Crippen molar-refractivity contribution in [1.82, 2.24) is 19.7 Å². The highest BCUT2D eigenvalue weighted by Crippen LogP contribution is 2.29. The van der Waals surface area contributed by atoms with Crippen LogP contribution in [0.5, 0.6) is 0 Å². The van der Waals surface area contributed by atoms with Gasteiger partial charge in [-0.25, -0.2) is 0 Å². The summed E-state index contributed by atoms with van der Waals surface area (Å²) in [5, 5.41) is 16.7. The van der Waals surface area contributed by atoms with E-state index in [0.29, 0.717) is 41.2 Å². The number of ether oxygens (including phenoxy) is 1. The summed E-state index contributed by atoms with van der Waals surface area (Å²) in [4.78, 5) is 20.1. The first-order chi connectivity index (χ1) is 15.2. The second-order valence-electron chi connectivity index (χ2n) is 7.21. The number of para-hydroxylation sites is 1. The molecule has 1 saturated heterocycles. The van der Waals surface area contributed by atoms with E-state index in [0.717, 1.165) is 18.8 Å². The highest BCUT2D eigenvalue weighted by molar-refractivity contribution is 5.97. The smallest absolute Gasteiger partial charge is 0.268 e. The first-order valence-electron chi connectivity index (χ1n) is 9.85. The standard InChI is InChI=1S/C22H19N7O2/c23-11-14-3-1-2-4-18(14)29-13-16(20-19(22(29)30)21(24)27-26-20)17-6-5-15(12-25-17)28-7-9-31-10-8-28/h1-6,12-13H,7-10H2,(H3,24,26,27). The van der Waals surface area contributed by atoms with Gasteiger partial charge in [-0.15, -0.1) is 0 Å². The van der Waals surface area contributed by atoms with Crippen molar-refractivity contribution in [3.05, 3.63) is 64.7 Å². The van der Waals surface area contributed by atoms with Crippen molar-refractivity contribution in [1.29, 1.82) is 5.26 Å². The number of fused-ring (bicyclic) bond motifs is 1. The topological polar surface area (TPSA) is 126 Å². The van der Waals surface area contributed by atoms with Gasteiger partial charge in [-0.05, 0) is 24.3 Å². The van der Waals surface area contributed by atoms with Gasteiger partial charge in [0.15, 0.2) is 5.82 Å². The van der Waals surface area contributed by atoms with Crippen molar-refractivity contribution in [3.63, 3.8) is 0 Å². The number of hydrogen-bond acceptors (Lipinski definition) is 7. The SMILES string of the molecule is N#Cc1ccccc1-n1cc(-c2ccc(N3CCOCC3)cn2)c2[nH]nc(N)c2c1=O. The number of H-pyrrole nitrogens is 1. The summed E-state index contributed by atoms with van der Waals surface area (Å²) < 4.78 is 6.84. The lowest BCUT2D eigenvalue weighted by Gasteiger charge is -2.28. The number of nitrogens with one attached hydrogen (secondary N) is 1. The Morgan fingerprint density at radius 2 is 1.97 bits per heavy atom. The number of aromatic amines is 1.